The molecule has 0 aliphatic carbocycles. The van der Waals surface area contributed by atoms with Crippen molar-refractivity contribution in [2.45, 2.75) is 22.8 Å². The van der Waals surface area contributed by atoms with Gasteiger partial charge in [0.1, 0.15) is 0 Å². The Morgan fingerprint density at radius 2 is 1.85 bits per heavy atom. The molecule has 4 rings (SSSR count). The van der Waals surface area contributed by atoms with Crippen molar-refractivity contribution in [1.82, 2.24) is 9.55 Å². The maximum atomic E-state index is 13.0. The first-order valence-corrected chi connectivity index (χ1v) is 9.77. The van der Waals surface area contributed by atoms with E-state index in [2.05, 4.69) is 4.98 Å². The van der Waals surface area contributed by atoms with E-state index in [1.807, 2.05) is 0 Å². The molecule has 0 N–H and O–H groups in total. The lowest BCUT2D eigenvalue weighted by molar-refractivity contribution is -0.118. The number of rotatable bonds is 3. The normalized spacial score (nSPS) is 14.6. The molecule has 3 aromatic rings. The number of hydrogen-bond donors (Lipinski definition) is 0. The Labute approximate surface area is 155 Å². The number of carbonyl (C=O) groups excluding carboxylic acids is 1. The van der Waals surface area contributed by atoms with Crippen LogP contribution in [0.15, 0.2) is 71.0 Å². The molecule has 2 aromatic carbocycles. The first-order valence-electron chi connectivity index (χ1n) is 7.91. The molecule has 0 fully saturated rings. The number of hydrogen-bond acceptors (Lipinski definition) is 4. The first-order chi connectivity index (χ1) is 12.5. The molecule has 0 spiro atoms. The minimum atomic E-state index is -3.74. The van der Waals surface area contributed by atoms with Crippen molar-refractivity contribution >= 4 is 38.7 Å². The summed E-state index contributed by atoms with van der Waals surface area (Å²) in [4.78, 5) is 18.5. The third-order valence-corrected chi connectivity index (χ3v) is 6.39. The van der Waals surface area contributed by atoms with Crippen molar-refractivity contribution < 1.29 is 13.2 Å². The highest BCUT2D eigenvalue weighted by Crippen LogP contribution is 2.47. The van der Waals surface area contributed by atoms with Gasteiger partial charge >= 0.3 is 0 Å². The Balaban J connectivity index is 1.83. The lowest BCUT2D eigenvalue weighted by Gasteiger charge is -2.32. The lowest BCUT2D eigenvalue weighted by Crippen LogP contribution is -2.32. The monoisotopic (exact) mass is 387 g/mol. The van der Waals surface area contributed by atoms with Gasteiger partial charge in [-0.1, -0.05) is 29.8 Å². The Morgan fingerprint density at radius 1 is 1.08 bits per heavy atom. The third kappa shape index (κ3) is 2.60. The van der Waals surface area contributed by atoms with Crippen LogP contribution in [-0.2, 0) is 21.2 Å². The Hall–Kier alpha value is -2.64. The fourth-order valence-electron chi connectivity index (χ4n) is 3.05. The van der Waals surface area contributed by atoms with Gasteiger partial charge in [0.25, 0.3) is 0 Å². The summed E-state index contributed by atoms with van der Waals surface area (Å²) in [5.74, 6) is -0.240. The predicted molar refractivity (Wildman–Crippen MR) is 97.3 cm³/mol. The second kappa shape index (κ2) is 6.26. The third-order valence-electron chi connectivity index (χ3n) is 4.25. The van der Waals surface area contributed by atoms with Crippen LogP contribution in [0.5, 0.6) is 0 Å². The highest BCUT2D eigenvalue weighted by molar-refractivity contribution is 7.92. The largest absolute Gasteiger partial charge is 0.337 e. The van der Waals surface area contributed by atoms with E-state index in [9.17, 15) is 13.2 Å². The van der Waals surface area contributed by atoms with E-state index in [-0.39, 0.29) is 32.8 Å². The quantitative estimate of drug-likeness (QED) is 0.690. The first kappa shape index (κ1) is 16.8. The maximum absolute atomic E-state index is 13.0. The smallest absolute Gasteiger partial charge is 0.233 e. The van der Waals surface area contributed by atoms with E-state index in [4.69, 9.17) is 11.6 Å². The van der Waals surface area contributed by atoms with Gasteiger partial charge in [-0.25, -0.2) is 13.4 Å². The summed E-state index contributed by atoms with van der Waals surface area (Å²) in [6, 6.07) is 11.1. The van der Waals surface area contributed by atoms with E-state index < -0.39 is 9.84 Å². The number of benzene rings is 2. The van der Waals surface area contributed by atoms with Crippen LogP contribution in [0.2, 0.25) is 5.02 Å². The van der Waals surface area contributed by atoms with E-state index in [1.165, 1.54) is 17.0 Å². The fraction of sp³-hybridized carbons (Fsp3) is 0.111. The average molecular weight is 388 g/mol. The van der Waals surface area contributed by atoms with Gasteiger partial charge in [-0.2, -0.15) is 0 Å². The van der Waals surface area contributed by atoms with Crippen LogP contribution in [0, 0.1) is 0 Å². The molecule has 0 atom stereocenters. The number of carbonyl (C=O) groups is 1. The standard InChI is InChI=1S/C18H14ClN3O3S/c19-13-4-3-7-16-18(13)22(17(23)8-10-21-11-9-20-12-21)14-5-1-2-6-15(14)26(16,24)25/h1-7,9,11-12H,8,10H2. The predicted octanol–water partition coefficient (Wildman–Crippen LogP) is 3.44. The van der Waals surface area contributed by atoms with Crippen LogP contribution in [0.3, 0.4) is 0 Å². The highest BCUT2D eigenvalue weighted by atomic mass is 35.5. The molecule has 1 aromatic heterocycles. The minimum Gasteiger partial charge on any atom is -0.337 e. The Morgan fingerprint density at radius 3 is 2.62 bits per heavy atom. The molecule has 1 amide bonds. The number of aromatic nitrogens is 2. The summed E-state index contributed by atoms with van der Waals surface area (Å²) in [6.45, 7) is 0.435. The summed E-state index contributed by atoms with van der Waals surface area (Å²) >= 11 is 6.30. The zero-order valence-corrected chi connectivity index (χ0v) is 15.1. The maximum Gasteiger partial charge on any atom is 0.233 e. The van der Waals surface area contributed by atoms with Crippen LogP contribution in [0.25, 0.3) is 0 Å². The molecule has 1 aliphatic heterocycles. The molecule has 0 radical (unpaired) electrons. The second-order valence-electron chi connectivity index (χ2n) is 5.84. The molecular formula is C18H14ClN3O3S. The van der Waals surface area contributed by atoms with Gasteiger partial charge in [-0.3, -0.25) is 9.69 Å². The number of halogens is 1. The molecule has 0 bridgehead atoms. The number of nitrogens with zero attached hydrogens (tertiary/aromatic N) is 3. The number of amides is 1. The number of para-hydroxylation sites is 2. The van der Waals surface area contributed by atoms with Gasteiger partial charge in [-0.05, 0) is 24.3 Å². The molecule has 6 nitrogen and oxygen atoms in total. The number of fused-ring (bicyclic) bond motifs is 2. The van der Waals surface area contributed by atoms with Crippen molar-refractivity contribution in [2.24, 2.45) is 0 Å². The van der Waals surface area contributed by atoms with Crippen LogP contribution in [-0.4, -0.2) is 23.9 Å². The second-order valence-corrected chi connectivity index (χ2v) is 8.13. The summed E-state index contributed by atoms with van der Waals surface area (Å²) in [6.07, 6.45) is 5.21. The van der Waals surface area contributed by atoms with E-state index in [1.54, 1.807) is 53.6 Å². The average Bonchev–Trinajstić information content (AvgIpc) is 3.15. The van der Waals surface area contributed by atoms with Crippen molar-refractivity contribution in [3.63, 3.8) is 0 Å². The molecule has 132 valence electrons. The molecule has 8 heteroatoms. The van der Waals surface area contributed by atoms with Gasteiger partial charge in [0.2, 0.25) is 15.7 Å². The molecule has 2 heterocycles. The van der Waals surface area contributed by atoms with Crippen LogP contribution >= 0.6 is 11.6 Å². The molecule has 0 saturated carbocycles. The van der Waals surface area contributed by atoms with Crippen molar-refractivity contribution in [1.29, 1.82) is 0 Å². The topological polar surface area (TPSA) is 72.3 Å². The summed E-state index contributed by atoms with van der Waals surface area (Å²) < 4.78 is 27.7. The molecule has 26 heavy (non-hydrogen) atoms. The SMILES string of the molecule is O=C(CCn1ccnc1)N1c2ccccc2S(=O)(=O)c2cccc(Cl)c21. The minimum absolute atomic E-state index is 0.0414. The molecule has 1 aliphatic rings. The van der Waals surface area contributed by atoms with Gasteiger partial charge in [0.05, 0.1) is 32.5 Å². The number of aryl methyl sites for hydroxylation is 1. The van der Waals surface area contributed by atoms with E-state index in [0.29, 0.717) is 12.2 Å². The van der Waals surface area contributed by atoms with Crippen LogP contribution < -0.4 is 4.90 Å². The molecular weight excluding hydrogens is 374 g/mol. The number of imidazole rings is 1. The fourth-order valence-corrected chi connectivity index (χ4v) is 5.01. The summed E-state index contributed by atoms with van der Waals surface area (Å²) in [5, 5.41) is 0.219. The molecule has 0 saturated heterocycles. The Bertz CT molecular complexity index is 1090. The number of sulfone groups is 1. The van der Waals surface area contributed by atoms with Crippen molar-refractivity contribution in [2.75, 3.05) is 4.90 Å². The zero-order valence-electron chi connectivity index (χ0n) is 13.5. The van der Waals surface area contributed by atoms with E-state index in [0.717, 1.165) is 0 Å². The van der Waals surface area contributed by atoms with Gasteiger partial charge in [0, 0.05) is 25.4 Å². The van der Waals surface area contributed by atoms with Crippen molar-refractivity contribution in [3.8, 4) is 0 Å². The van der Waals surface area contributed by atoms with Crippen LogP contribution in [0.4, 0.5) is 11.4 Å². The van der Waals surface area contributed by atoms with Crippen LogP contribution in [0.1, 0.15) is 6.42 Å². The van der Waals surface area contributed by atoms with E-state index >= 15 is 0 Å². The summed E-state index contributed by atoms with van der Waals surface area (Å²) in [5.41, 5.74) is 0.534. The van der Waals surface area contributed by atoms with Gasteiger partial charge < -0.3 is 4.57 Å². The highest BCUT2D eigenvalue weighted by Gasteiger charge is 2.37. The molecule has 0 unspecified atom stereocenters. The summed E-state index contributed by atoms with van der Waals surface area (Å²) in [7, 11) is -3.74. The zero-order chi connectivity index (χ0) is 18.3. The van der Waals surface area contributed by atoms with Crippen molar-refractivity contribution in [3.05, 3.63) is 66.2 Å². The lowest BCUT2D eigenvalue weighted by atomic mass is 10.2. The van der Waals surface area contributed by atoms with Gasteiger partial charge in [-0.15, -0.1) is 0 Å². The van der Waals surface area contributed by atoms with Gasteiger partial charge in [0.15, 0.2) is 0 Å². The number of anilines is 2. The Kier molecular flexibility index (Phi) is 4.05.